The van der Waals surface area contributed by atoms with E-state index < -0.39 is 17.6 Å². The number of halogens is 1. The van der Waals surface area contributed by atoms with Crippen LogP contribution in [0.25, 0.3) is 10.6 Å². The van der Waals surface area contributed by atoms with Crippen LogP contribution in [0.15, 0.2) is 48.1 Å². The van der Waals surface area contributed by atoms with Crippen molar-refractivity contribution >= 4 is 34.7 Å². The summed E-state index contributed by atoms with van der Waals surface area (Å²) in [6.07, 6.45) is 4.51. The molecular formula is C25H28FN5O3S. The molecule has 0 radical (unpaired) electrons. The quantitative estimate of drug-likeness (QED) is 0.510. The maximum atomic E-state index is 14.1. The lowest BCUT2D eigenvalue weighted by Gasteiger charge is -2.35. The highest BCUT2D eigenvalue weighted by molar-refractivity contribution is 7.13. The van der Waals surface area contributed by atoms with E-state index in [-0.39, 0.29) is 17.6 Å². The minimum atomic E-state index is -0.567. The van der Waals surface area contributed by atoms with E-state index in [0.29, 0.717) is 22.8 Å². The topological polar surface area (TPSA) is 96.5 Å². The Kier molecular flexibility index (Phi) is 7.30. The molecule has 0 aliphatic carbocycles. The van der Waals surface area contributed by atoms with Gasteiger partial charge in [0.25, 0.3) is 5.91 Å². The van der Waals surface area contributed by atoms with Crippen molar-refractivity contribution in [1.82, 2.24) is 15.3 Å². The molecule has 1 unspecified atom stereocenters. The predicted octanol–water partition coefficient (Wildman–Crippen LogP) is 5.09. The van der Waals surface area contributed by atoms with Crippen LogP contribution in [0.2, 0.25) is 0 Å². The van der Waals surface area contributed by atoms with Crippen LogP contribution >= 0.6 is 11.3 Å². The van der Waals surface area contributed by atoms with Crippen LogP contribution in [0.3, 0.4) is 0 Å². The number of alkyl carbamates (subject to hydrolysis) is 1. The average Bonchev–Trinajstić information content (AvgIpc) is 3.29. The number of pyridine rings is 1. The Hall–Kier alpha value is -3.53. The van der Waals surface area contributed by atoms with Crippen molar-refractivity contribution in [2.75, 3.05) is 23.3 Å². The number of hydrogen-bond acceptors (Lipinski definition) is 7. The lowest BCUT2D eigenvalue weighted by Crippen LogP contribution is -2.49. The highest BCUT2D eigenvalue weighted by Crippen LogP contribution is 2.30. The number of nitrogens with zero attached hydrogens (tertiary/aromatic N) is 3. The minimum absolute atomic E-state index is 0.0859. The lowest BCUT2D eigenvalue weighted by molar-refractivity contribution is 0.0500. The molecule has 1 fully saturated rings. The van der Waals surface area contributed by atoms with Gasteiger partial charge < -0.3 is 20.3 Å². The maximum Gasteiger partial charge on any atom is 0.407 e. The van der Waals surface area contributed by atoms with Gasteiger partial charge in [-0.1, -0.05) is 12.1 Å². The van der Waals surface area contributed by atoms with Crippen LogP contribution in [0.1, 0.15) is 44.1 Å². The van der Waals surface area contributed by atoms with Gasteiger partial charge in [0.1, 0.15) is 22.1 Å². The summed E-state index contributed by atoms with van der Waals surface area (Å²) in [4.78, 5) is 35.7. The van der Waals surface area contributed by atoms with Gasteiger partial charge in [-0.05, 0) is 51.8 Å². The van der Waals surface area contributed by atoms with Crippen molar-refractivity contribution in [1.29, 1.82) is 0 Å². The fourth-order valence-electron chi connectivity index (χ4n) is 3.87. The molecule has 0 saturated carbocycles. The number of rotatable bonds is 5. The van der Waals surface area contributed by atoms with Gasteiger partial charge in [0.15, 0.2) is 0 Å². The molecule has 1 aliphatic heterocycles. The highest BCUT2D eigenvalue weighted by atomic mass is 32.1. The summed E-state index contributed by atoms with van der Waals surface area (Å²) in [5, 5.41) is 7.87. The van der Waals surface area contributed by atoms with Crippen LogP contribution in [0.5, 0.6) is 0 Å². The van der Waals surface area contributed by atoms with Crippen molar-refractivity contribution in [3.63, 3.8) is 0 Å². The Morgan fingerprint density at radius 1 is 1.23 bits per heavy atom. The van der Waals surface area contributed by atoms with Gasteiger partial charge >= 0.3 is 6.09 Å². The van der Waals surface area contributed by atoms with Crippen molar-refractivity contribution in [3.8, 4) is 10.6 Å². The first-order valence-corrected chi connectivity index (χ1v) is 12.3. The summed E-state index contributed by atoms with van der Waals surface area (Å²) in [6.45, 7) is 6.82. The van der Waals surface area contributed by atoms with Crippen molar-refractivity contribution in [2.24, 2.45) is 0 Å². The monoisotopic (exact) mass is 497 g/mol. The molecule has 2 amide bonds. The molecule has 0 spiro atoms. The van der Waals surface area contributed by atoms with Gasteiger partial charge in [-0.3, -0.25) is 9.78 Å². The third-order valence-electron chi connectivity index (χ3n) is 5.37. The molecule has 10 heteroatoms. The van der Waals surface area contributed by atoms with Crippen molar-refractivity contribution in [3.05, 3.63) is 59.6 Å². The third-order valence-corrected chi connectivity index (χ3v) is 6.25. The number of piperidine rings is 1. The Bertz CT molecular complexity index is 1210. The number of ether oxygens (including phenoxy) is 1. The van der Waals surface area contributed by atoms with Gasteiger partial charge in [0.05, 0.1) is 17.6 Å². The van der Waals surface area contributed by atoms with E-state index in [1.807, 2.05) is 26.8 Å². The molecular weight excluding hydrogens is 469 g/mol. The summed E-state index contributed by atoms with van der Waals surface area (Å²) in [5.41, 5.74) is 1.33. The zero-order chi connectivity index (χ0) is 25.0. The zero-order valence-corrected chi connectivity index (χ0v) is 20.7. The number of hydrogen-bond donors (Lipinski definition) is 2. The molecule has 1 aliphatic rings. The average molecular weight is 498 g/mol. The summed E-state index contributed by atoms with van der Waals surface area (Å²) in [7, 11) is 0. The molecule has 4 rings (SSSR count). The number of aromatic nitrogens is 2. The number of carbonyl (C=O) groups excluding carboxylic acids is 2. The summed E-state index contributed by atoms with van der Waals surface area (Å²) < 4.78 is 19.5. The Balaban J connectivity index is 1.45. The number of anilines is 2. The summed E-state index contributed by atoms with van der Waals surface area (Å²) in [5.74, 6) is -0.790. The van der Waals surface area contributed by atoms with E-state index in [9.17, 15) is 14.0 Å². The van der Waals surface area contributed by atoms with Gasteiger partial charge in [0.2, 0.25) is 0 Å². The van der Waals surface area contributed by atoms with Crippen LogP contribution in [0, 0.1) is 5.82 Å². The van der Waals surface area contributed by atoms with Gasteiger partial charge in [-0.25, -0.2) is 14.2 Å². The van der Waals surface area contributed by atoms with Crippen LogP contribution in [-0.2, 0) is 4.74 Å². The van der Waals surface area contributed by atoms with Crippen LogP contribution in [-0.4, -0.2) is 46.7 Å². The van der Waals surface area contributed by atoms with E-state index in [1.165, 1.54) is 17.4 Å². The van der Waals surface area contributed by atoms with E-state index in [4.69, 9.17) is 4.74 Å². The first kappa shape index (κ1) is 24.6. The molecule has 1 saturated heterocycles. The molecule has 35 heavy (non-hydrogen) atoms. The van der Waals surface area contributed by atoms with Gasteiger partial charge in [-0.2, -0.15) is 0 Å². The second kappa shape index (κ2) is 10.4. The van der Waals surface area contributed by atoms with Crippen molar-refractivity contribution < 1.29 is 18.7 Å². The van der Waals surface area contributed by atoms with E-state index in [0.717, 1.165) is 25.1 Å². The second-order valence-electron chi connectivity index (χ2n) is 9.30. The molecule has 184 valence electrons. The molecule has 2 aromatic heterocycles. The third kappa shape index (κ3) is 6.33. The Morgan fingerprint density at radius 3 is 2.80 bits per heavy atom. The number of nitrogens with one attached hydrogen (secondary N) is 2. The predicted molar refractivity (Wildman–Crippen MR) is 134 cm³/mol. The van der Waals surface area contributed by atoms with Gasteiger partial charge in [0, 0.05) is 36.3 Å². The summed E-state index contributed by atoms with van der Waals surface area (Å²) >= 11 is 1.21. The van der Waals surface area contributed by atoms with Crippen LogP contribution < -0.4 is 15.5 Å². The fourth-order valence-corrected chi connectivity index (χ4v) is 4.70. The SMILES string of the molecule is CC(C)(C)OC(=O)NC1CCCN(c2ccncc2NC(=O)c2csc(-c3ccccc3F)n2)C1. The molecule has 3 aromatic rings. The number of amides is 2. The first-order valence-electron chi connectivity index (χ1n) is 11.4. The van der Waals surface area contributed by atoms with Crippen molar-refractivity contribution in [2.45, 2.75) is 45.3 Å². The van der Waals surface area contributed by atoms with Gasteiger partial charge in [-0.15, -0.1) is 11.3 Å². The van der Waals surface area contributed by atoms with Crippen LogP contribution in [0.4, 0.5) is 20.6 Å². The molecule has 1 atom stereocenters. The summed E-state index contributed by atoms with van der Waals surface area (Å²) in [6, 6.07) is 8.08. The number of benzene rings is 1. The van der Waals surface area contributed by atoms with E-state index >= 15 is 0 Å². The largest absolute Gasteiger partial charge is 0.444 e. The minimum Gasteiger partial charge on any atom is -0.444 e. The zero-order valence-electron chi connectivity index (χ0n) is 19.9. The highest BCUT2D eigenvalue weighted by Gasteiger charge is 2.26. The standard InChI is InChI=1S/C25H28FN5O3S/c1-25(2,3)34-24(33)28-16-7-6-12-31(14-16)21-10-11-27-13-19(21)29-22(32)20-15-35-23(30-20)17-8-4-5-9-18(17)26/h4-5,8-11,13,15-16H,6-7,12,14H2,1-3H3,(H,28,33)(H,29,32). The maximum absolute atomic E-state index is 14.1. The molecule has 8 nitrogen and oxygen atoms in total. The molecule has 3 heterocycles. The fraction of sp³-hybridized carbons (Fsp3) is 0.360. The molecule has 1 aromatic carbocycles. The first-order chi connectivity index (χ1) is 16.7. The number of thiazole rings is 1. The second-order valence-corrected chi connectivity index (χ2v) is 10.2. The van der Waals surface area contributed by atoms with E-state index in [1.54, 1.807) is 36.0 Å². The smallest absolute Gasteiger partial charge is 0.407 e. The Morgan fingerprint density at radius 2 is 2.03 bits per heavy atom. The lowest BCUT2D eigenvalue weighted by atomic mass is 10.0. The van der Waals surface area contributed by atoms with E-state index in [2.05, 4.69) is 25.5 Å². The Labute approximate surface area is 207 Å². The molecule has 2 N–H and O–H groups in total. The molecule has 0 bridgehead atoms. The normalized spacial score (nSPS) is 16.0. The number of carbonyl (C=O) groups is 2.